The normalized spacial score (nSPS) is 16.0. The highest BCUT2D eigenvalue weighted by molar-refractivity contribution is 9.10. The Hall–Kier alpha value is -1.98. The first-order chi connectivity index (χ1) is 22.4. The molecule has 2 saturated carbocycles. The Morgan fingerprint density at radius 3 is 1.73 bits per heavy atom. The summed E-state index contributed by atoms with van der Waals surface area (Å²) in [5, 5.41) is 0. The molecule has 0 radical (unpaired) electrons. The van der Waals surface area contributed by atoms with E-state index in [1.54, 1.807) is 24.8 Å². The highest BCUT2D eigenvalue weighted by Gasteiger charge is 2.28. The number of aromatic nitrogens is 2. The van der Waals surface area contributed by atoms with Crippen LogP contribution >= 0.6 is 31.9 Å². The van der Waals surface area contributed by atoms with Gasteiger partial charge in [-0.3, -0.25) is 24.5 Å². The van der Waals surface area contributed by atoms with Gasteiger partial charge in [0.25, 0.3) is 0 Å². The molecule has 0 unspecified atom stereocenters. The molecule has 0 bridgehead atoms. The SMILES string of the molecule is CN(C)/C=C(/C(=O)C1CCCC1)c1ccncc1Br.CN(C)C(OC(C)(C)C)OC(C)(C)C.O=C(Cc1ccncc1Br)C1CCCC1. The molecule has 268 valence electrons. The molecule has 2 heterocycles. The number of nitrogens with zero attached hydrogens (tertiary/aromatic N) is 4. The smallest absolute Gasteiger partial charge is 0.219 e. The maximum atomic E-state index is 12.7. The fourth-order valence-corrected chi connectivity index (χ4v) is 6.35. The average Bonchev–Trinajstić information content (AvgIpc) is 3.72. The zero-order valence-corrected chi connectivity index (χ0v) is 34.0. The van der Waals surface area contributed by atoms with Crippen LogP contribution in [0, 0.1) is 11.8 Å². The minimum atomic E-state index is -0.296. The molecule has 2 aromatic rings. The fraction of sp³-hybridized carbons (Fsp3) is 0.632. The Labute approximate surface area is 306 Å². The number of ketones is 2. The lowest BCUT2D eigenvalue weighted by Crippen LogP contribution is -2.43. The number of carbonyl (C=O) groups excluding carboxylic acids is 2. The first-order valence-electron chi connectivity index (χ1n) is 17.0. The van der Waals surface area contributed by atoms with Crippen LogP contribution in [0.2, 0.25) is 0 Å². The van der Waals surface area contributed by atoms with Crippen molar-refractivity contribution in [2.75, 3.05) is 28.2 Å². The minimum Gasteiger partial charge on any atom is -0.383 e. The third-order valence-electron chi connectivity index (χ3n) is 7.80. The van der Waals surface area contributed by atoms with Crippen LogP contribution in [0.4, 0.5) is 0 Å². The van der Waals surface area contributed by atoms with Gasteiger partial charge in [0.2, 0.25) is 6.41 Å². The third kappa shape index (κ3) is 15.7. The Morgan fingerprint density at radius 1 is 0.812 bits per heavy atom. The molecule has 0 aromatic carbocycles. The number of rotatable bonds is 10. The van der Waals surface area contributed by atoms with Crippen LogP contribution in [0.1, 0.15) is 104 Å². The van der Waals surface area contributed by atoms with Gasteiger partial charge in [-0.1, -0.05) is 25.7 Å². The molecule has 0 aliphatic heterocycles. The number of pyridine rings is 2. The van der Waals surface area contributed by atoms with Gasteiger partial charge in [-0.15, -0.1) is 0 Å². The zero-order valence-electron chi connectivity index (χ0n) is 30.8. The molecular formula is C38H58Br2N4O4. The molecule has 0 spiro atoms. The van der Waals surface area contributed by atoms with E-state index in [9.17, 15) is 9.59 Å². The van der Waals surface area contributed by atoms with E-state index in [0.717, 1.165) is 51.3 Å². The van der Waals surface area contributed by atoms with Gasteiger partial charge in [0.15, 0.2) is 5.78 Å². The first-order valence-corrected chi connectivity index (χ1v) is 18.6. The van der Waals surface area contributed by atoms with Crippen LogP contribution in [0.5, 0.6) is 0 Å². The topological polar surface area (TPSA) is 84.9 Å². The van der Waals surface area contributed by atoms with Crippen molar-refractivity contribution in [3.8, 4) is 0 Å². The van der Waals surface area contributed by atoms with Gasteiger partial charge in [0.05, 0.1) is 11.2 Å². The van der Waals surface area contributed by atoms with Gasteiger partial charge in [-0.25, -0.2) is 0 Å². The second-order valence-electron chi connectivity index (χ2n) is 15.0. The summed E-state index contributed by atoms with van der Waals surface area (Å²) in [6, 6.07) is 3.81. The number of hydrogen-bond acceptors (Lipinski definition) is 8. The monoisotopic (exact) mass is 792 g/mol. The van der Waals surface area contributed by atoms with E-state index in [0.29, 0.717) is 18.1 Å². The van der Waals surface area contributed by atoms with Gasteiger partial charge in [-0.05, 0) is 131 Å². The molecule has 0 amide bonds. The quantitative estimate of drug-likeness (QED) is 0.174. The molecule has 0 atom stereocenters. The summed E-state index contributed by atoms with van der Waals surface area (Å²) in [6.45, 7) is 12.1. The van der Waals surface area contributed by atoms with Crippen LogP contribution in [-0.4, -0.2) is 77.1 Å². The summed E-state index contributed by atoms with van der Waals surface area (Å²) in [5.74, 6) is 1.15. The molecule has 2 aliphatic carbocycles. The predicted octanol–water partition coefficient (Wildman–Crippen LogP) is 9.11. The standard InChI is InChI=1S/C15H19BrN2O.C12H14BrNO.C11H25NO2/c1-18(2)10-13(12-7-8-17-9-14(12)16)15(19)11-5-3-4-6-11;13-11-8-14-6-5-10(11)7-12(15)9-3-1-2-4-9;1-10(2,3)13-9(12(7)8)14-11(4,5)6/h7-11H,3-6H2,1-2H3;5-6,8-9H,1-4,7H2;9H,1-8H3/b13-10+;;. The fourth-order valence-electron chi connectivity index (χ4n) is 5.49. The molecule has 8 nitrogen and oxygen atoms in total. The van der Waals surface area contributed by atoms with Gasteiger partial charge in [0, 0.05) is 83.4 Å². The number of Topliss-reactive ketones (excluding diaryl/α,β-unsaturated/α-hetero) is 2. The van der Waals surface area contributed by atoms with Crippen molar-refractivity contribution >= 4 is 49.0 Å². The lowest BCUT2D eigenvalue weighted by atomic mass is 9.92. The number of halogens is 2. The second kappa shape index (κ2) is 20.0. The van der Waals surface area contributed by atoms with Crippen LogP contribution in [-0.2, 0) is 25.5 Å². The highest BCUT2D eigenvalue weighted by atomic mass is 79.9. The second-order valence-corrected chi connectivity index (χ2v) is 16.7. The van der Waals surface area contributed by atoms with E-state index in [-0.39, 0.29) is 29.3 Å². The molecule has 0 saturated heterocycles. The van der Waals surface area contributed by atoms with Gasteiger partial charge in [-0.2, -0.15) is 0 Å². The lowest BCUT2D eigenvalue weighted by molar-refractivity contribution is -0.285. The van der Waals surface area contributed by atoms with E-state index < -0.39 is 0 Å². The van der Waals surface area contributed by atoms with E-state index in [1.807, 2.05) is 97.9 Å². The van der Waals surface area contributed by atoms with Crippen LogP contribution < -0.4 is 0 Å². The Morgan fingerprint density at radius 2 is 1.29 bits per heavy atom. The van der Waals surface area contributed by atoms with Gasteiger partial charge >= 0.3 is 0 Å². The van der Waals surface area contributed by atoms with Crippen molar-refractivity contribution in [3.63, 3.8) is 0 Å². The van der Waals surface area contributed by atoms with Crippen LogP contribution in [0.15, 0.2) is 52.1 Å². The predicted molar refractivity (Wildman–Crippen MR) is 202 cm³/mol. The Balaban J connectivity index is 0.000000254. The summed E-state index contributed by atoms with van der Waals surface area (Å²) in [4.78, 5) is 36.5. The van der Waals surface area contributed by atoms with Crippen molar-refractivity contribution in [1.29, 1.82) is 0 Å². The third-order valence-corrected chi connectivity index (χ3v) is 9.15. The van der Waals surface area contributed by atoms with Crippen molar-refractivity contribution in [2.24, 2.45) is 11.8 Å². The maximum Gasteiger partial charge on any atom is 0.219 e. The summed E-state index contributed by atoms with van der Waals surface area (Å²) >= 11 is 6.91. The summed E-state index contributed by atoms with van der Waals surface area (Å²) in [6.07, 6.45) is 18.1. The largest absolute Gasteiger partial charge is 0.383 e. The number of hydrogen-bond donors (Lipinski definition) is 0. The summed E-state index contributed by atoms with van der Waals surface area (Å²) in [5.41, 5.74) is 2.38. The van der Waals surface area contributed by atoms with Crippen molar-refractivity contribution < 1.29 is 19.1 Å². The summed E-state index contributed by atoms with van der Waals surface area (Å²) < 4.78 is 13.4. The first kappa shape index (κ1) is 42.2. The van der Waals surface area contributed by atoms with Crippen molar-refractivity contribution in [2.45, 2.75) is 117 Å². The van der Waals surface area contributed by atoms with Gasteiger partial charge < -0.3 is 14.4 Å². The van der Waals surface area contributed by atoms with Crippen molar-refractivity contribution in [1.82, 2.24) is 19.8 Å². The number of ether oxygens (including phenoxy) is 2. The molecule has 4 rings (SSSR count). The molecule has 10 heteroatoms. The minimum absolute atomic E-state index is 0.186. The Bertz CT molecular complexity index is 1310. The van der Waals surface area contributed by atoms with E-state index in [2.05, 4.69) is 41.8 Å². The molecule has 0 N–H and O–H groups in total. The van der Waals surface area contributed by atoms with E-state index >= 15 is 0 Å². The van der Waals surface area contributed by atoms with E-state index in [1.165, 1.54) is 25.7 Å². The number of allylic oxidation sites excluding steroid dienone is 1. The number of carbonyl (C=O) groups is 2. The zero-order chi connectivity index (χ0) is 36.1. The van der Waals surface area contributed by atoms with E-state index in [4.69, 9.17) is 9.47 Å². The molecule has 48 heavy (non-hydrogen) atoms. The highest BCUT2D eigenvalue weighted by Crippen LogP contribution is 2.33. The molecule has 2 aliphatic rings. The van der Waals surface area contributed by atoms with Crippen LogP contribution in [0.25, 0.3) is 5.57 Å². The average molecular weight is 795 g/mol. The molecule has 2 aromatic heterocycles. The van der Waals surface area contributed by atoms with Gasteiger partial charge in [0.1, 0.15) is 5.78 Å². The summed E-state index contributed by atoms with van der Waals surface area (Å²) in [7, 11) is 7.78. The Kier molecular flexibility index (Phi) is 17.6. The van der Waals surface area contributed by atoms with Crippen molar-refractivity contribution in [3.05, 3.63) is 63.2 Å². The molecule has 2 fully saturated rings. The van der Waals surface area contributed by atoms with Crippen LogP contribution in [0.3, 0.4) is 0 Å². The maximum absolute atomic E-state index is 12.7. The lowest BCUT2D eigenvalue weighted by Gasteiger charge is -2.35. The molecular weight excluding hydrogens is 736 g/mol.